The highest BCUT2D eigenvalue weighted by Crippen LogP contribution is 2.35. The number of hydrogen-bond donors (Lipinski definition) is 1. The van der Waals surface area contributed by atoms with Crippen molar-refractivity contribution in [2.24, 2.45) is 0 Å². The molecule has 1 saturated carbocycles. The molecular formula is C36H36BrCl2N3O4S. The average Bonchev–Trinajstić information content (AvgIpc) is 3.08. The van der Waals surface area contributed by atoms with E-state index < -0.39 is 28.5 Å². The smallest absolute Gasteiger partial charge is 0.264 e. The van der Waals surface area contributed by atoms with Gasteiger partial charge in [-0.05, 0) is 60.4 Å². The summed E-state index contributed by atoms with van der Waals surface area (Å²) in [6, 6.07) is 28.6. The number of nitrogens with zero attached hydrogens (tertiary/aromatic N) is 2. The average molecular weight is 758 g/mol. The fraction of sp³-hybridized carbons (Fsp3) is 0.278. The molecule has 1 aliphatic rings. The summed E-state index contributed by atoms with van der Waals surface area (Å²) in [5.74, 6) is -0.845. The van der Waals surface area contributed by atoms with E-state index >= 15 is 0 Å². The second kappa shape index (κ2) is 16.2. The Morgan fingerprint density at radius 3 is 2.15 bits per heavy atom. The molecule has 2 amide bonds. The number of carbonyl (C=O) groups is 2. The monoisotopic (exact) mass is 755 g/mol. The van der Waals surface area contributed by atoms with Crippen molar-refractivity contribution in [1.82, 2.24) is 10.2 Å². The normalized spacial score (nSPS) is 14.3. The van der Waals surface area contributed by atoms with Gasteiger partial charge in [0.2, 0.25) is 11.8 Å². The van der Waals surface area contributed by atoms with Crippen LogP contribution in [0.2, 0.25) is 10.0 Å². The van der Waals surface area contributed by atoms with Crippen molar-refractivity contribution in [2.45, 2.75) is 62.0 Å². The standard InChI is InChI=1S/C36H36BrCl2N3O4S/c37-28-15-10-14-27(22-28)24-41(33(23-26-12-4-1-5-13-26)36(44)40-29-16-6-2-7-17-29)34(43)25-42(32-21-11-20-31(38)35(32)39)47(45,46)30-18-8-3-9-19-30/h1,3-5,8-15,18-22,29,33H,2,6-7,16-17,23-25H2,(H,40,44). The topological polar surface area (TPSA) is 86.8 Å². The van der Waals surface area contributed by atoms with Crippen molar-refractivity contribution in [3.05, 3.63) is 129 Å². The van der Waals surface area contributed by atoms with Crippen molar-refractivity contribution in [1.29, 1.82) is 0 Å². The SMILES string of the molecule is O=C(NC1CCCCC1)C(Cc1ccccc1)N(Cc1cccc(Br)c1)C(=O)CN(c1cccc(Cl)c1Cl)S(=O)(=O)c1ccccc1. The first-order chi connectivity index (χ1) is 22.6. The first-order valence-electron chi connectivity index (χ1n) is 15.5. The quantitative estimate of drug-likeness (QED) is 0.159. The van der Waals surface area contributed by atoms with E-state index in [9.17, 15) is 18.0 Å². The Morgan fingerprint density at radius 1 is 0.830 bits per heavy atom. The van der Waals surface area contributed by atoms with Gasteiger partial charge in [-0.15, -0.1) is 0 Å². The molecule has 7 nitrogen and oxygen atoms in total. The summed E-state index contributed by atoms with van der Waals surface area (Å²) in [5, 5.41) is 3.36. The fourth-order valence-corrected chi connectivity index (χ4v) is 8.19. The lowest BCUT2D eigenvalue weighted by molar-refractivity contribution is -0.140. The summed E-state index contributed by atoms with van der Waals surface area (Å²) in [4.78, 5) is 30.3. The molecule has 1 N–H and O–H groups in total. The third-order valence-electron chi connectivity index (χ3n) is 8.27. The van der Waals surface area contributed by atoms with Crippen molar-refractivity contribution < 1.29 is 18.0 Å². The van der Waals surface area contributed by atoms with E-state index in [1.54, 1.807) is 30.3 Å². The predicted octanol–water partition coefficient (Wildman–Crippen LogP) is 8.04. The third kappa shape index (κ3) is 8.96. The maximum Gasteiger partial charge on any atom is 0.264 e. The van der Waals surface area contributed by atoms with Crippen LogP contribution in [0, 0.1) is 0 Å². The van der Waals surface area contributed by atoms with E-state index in [-0.39, 0.29) is 45.5 Å². The molecule has 0 spiro atoms. The zero-order chi connectivity index (χ0) is 33.4. The Balaban J connectivity index is 1.58. The molecule has 1 unspecified atom stereocenters. The van der Waals surface area contributed by atoms with Gasteiger partial charge in [-0.3, -0.25) is 13.9 Å². The molecule has 0 saturated heterocycles. The molecule has 0 heterocycles. The van der Waals surface area contributed by atoms with E-state index in [2.05, 4.69) is 21.2 Å². The van der Waals surface area contributed by atoms with E-state index in [0.717, 1.165) is 52.0 Å². The first kappa shape index (κ1) is 35.0. The summed E-state index contributed by atoms with van der Waals surface area (Å²) < 4.78 is 30.2. The molecule has 0 aliphatic heterocycles. The van der Waals surface area contributed by atoms with Crippen LogP contribution in [-0.4, -0.2) is 43.8 Å². The molecule has 4 aromatic carbocycles. The highest BCUT2D eigenvalue weighted by molar-refractivity contribution is 9.10. The molecule has 0 radical (unpaired) electrons. The number of nitrogens with one attached hydrogen (secondary N) is 1. The minimum absolute atomic E-state index is 0.00381. The lowest BCUT2D eigenvalue weighted by atomic mass is 9.94. The molecule has 1 atom stereocenters. The molecule has 1 aliphatic carbocycles. The second-order valence-corrected chi connectivity index (χ2v) is 15.2. The highest BCUT2D eigenvalue weighted by atomic mass is 79.9. The van der Waals surface area contributed by atoms with Gasteiger partial charge in [-0.25, -0.2) is 8.42 Å². The van der Waals surface area contributed by atoms with Gasteiger partial charge < -0.3 is 10.2 Å². The lowest BCUT2D eigenvalue weighted by Gasteiger charge is -2.35. The molecule has 246 valence electrons. The Hall–Kier alpha value is -3.37. The summed E-state index contributed by atoms with van der Waals surface area (Å²) in [6.07, 6.45) is 5.18. The van der Waals surface area contributed by atoms with Crippen molar-refractivity contribution in [2.75, 3.05) is 10.8 Å². The number of benzene rings is 4. The number of amides is 2. The Bertz CT molecular complexity index is 1790. The summed E-state index contributed by atoms with van der Waals surface area (Å²) in [5.41, 5.74) is 1.70. The van der Waals surface area contributed by atoms with Crippen LogP contribution in [0.4, 0.5) is 5.69 Å². The summed E-state index contributed by atoms with van der Waals surface area (Å²) in [7, 11) is -4.29. The fourth-order valence-electron chi connectivity index (χ4n) is 5.85. The molecule has 47 heavy (non-hydrogen) atoms. The number of carbonyl (C=O) groups excluding carboxylic acids is 2. The van der Waals surface area contributed by atoms with Gasteiger partial charge in [0.1, 0.15) is 12.6 Å². The number of rotatable bonds is 12. The predicted molar refractivity (Wildman–Crippen MR) is 191 cm³/mol. The van der Waals surface area contributed by atoms with Crippen LogP contribution >= 0.6 is 39.1 Å². The second-order valence-electron chi connectivity index (χ2n) is 11.6. The maximum atomic E-state index is 14.7. The molecule has 0 aromatic heterocycles. The largest absolute Gasteiger partial charge is 0.352 e. The summed E-state index contributed by atoms with van der Waals surface area (Å²) >= 11 is 16.4. The van der Waals surface area contributed by atoms with Crippen LogP contribution in [0.25, 0.3) is 0 Å². The van der Waals surface area contributed by atoms with Gasteiger partial charge in [0, 0.05) is 23.5 Å². The van der Waals surface area contributed by atoms with Crippen LogP contribution in [0.5, 0.6) is 0 Å². The number of halogens is 3. The highest BCUT2D eigenvalue weighted by Gasteiger charge is 2.36. The van der Waals surface area contributed by atoms with E-state index in [1.807, 2.05) is 54.6 Å². The Kier molecular flexibility index (Phi) is 12.0. The minimum atomic E-state index is -4.29. The third-order valence-corrected chi connectivity index (χ3v) is 11.4. The zero-order valence-electron chi connectivity index (χ0n) is 25.7. The van der Waals surface area contributed by atoms with E-state index in [4.69, 9.17) is 23.2 Å². The zero-order valence-corrected chi connectivity index (χ0v) is 29.6. The van der Waals surface area contributed by atoms with Crippen LogP contribution in [0.3, 0.4) is 0 Å². The Morgan fingerprint density at radius 2 is 1.47 bits per heavy atom. The summed E-state index contributed by atoms with van der Waals surface area (Å²) in [6.45, 7) is -0.552. The number of anilines is 1. The minimum Gasteiger partial charge on any atom is -0.352 e. The molecule has 1 fully saturated rings. The molecule has 0 bridgehead atoms. The van der Waals surface area contributed by atoms with Gasteiger partial charge >= 0.3 is 0 Å². The van der Waals surface area contributed by atoms with Crippen LogP contribution in [0.1, 0.15) is 43.2 Å². The Labute approximate surface area is 295 Å². The van der Waals surface area contributed by atoms with Gasteiger partial charge in [-0.2, -0.15) is 0 Å². The molecule has 5 rings (SSSR count). The molecular weight excluding hydrogens is 721 g/mol. The number of sulfonamides is 1. The first-order valence-corrected chi connectivity index (χ1v) is 18.5. The van der Waals surface area contributed by atoms with Crippen LogP contribution < -0.4 is 9.62 Å². The van der Waals surface area contributed by atoms with Crippen molar-refractivity contribution in [3.8, 4) is 0 Å². The van der Waals surface area contributed by atoms with Crippen LogP contribution in [0.15, 0.2) is 112 Å². The van der Waals surface area contributed by atoms with Crippen molar-refractivity contribution in [3.63, 3.8) is 0 Å². The molecule has 11 heteroatoms. The van der Waals surface area contributed by atoms with Gasteiger partial charge in [0.25, 0.3) is 10.0 Å². The van der Waals surface area contributed by atoms with Gasteiger partial charge in [0.15, 0.2) is 0 Å². The van der Waals surface area contributed by atoms with Crippen molar-refractivity contribution >= 4 is 66.7 Å². The van der Waals surface area contributed by atoms with Gasteiger partial charge in [-0.1, -0.05) is 125 Å². The molecule has 4 aromatic rings. The number of hydrogen-bond acceptors (Lipinski definition) is 4. The van der Waals surface area contributed by atoms with Crippen LogP contribution in [-0.2, 0) is 32.6 Å². The van der Waals surface area contributed by atoms with E-state index in [1.165, 1.54) is 23.1 Å². The van der Waals surface area contributed by atoms with Gasteiger partial charge in [0.05, 0.1) is 20.6 Å². The maximum absolute atomic E-state index is 14.7. The lowest BCUT2D eigenvalue weighted by Crippen LogP contribution is -2.55. The van der Waals surface area contributed by atoms with E-state index in [0.29, 0.717) is 0 Å².